The summed E-state index contributed by atoms with van der Waals surface area (Å²) in [5.41, 5.74) is 1.07. The minimum atomic E-state index is -2.85. The number of hydrogen-bond acceptors (Lipinski definition) is 2. The van der Waals surface area contributed by atoms with Crippen molar-refractivity contribution in [2.45, 2.75) is 38.5 Å². The Morgan fingerprint density at radius 1 is 0.487 bits per heavy atom. The van der Waals surface area contributed by atoms with Gasteiger partial charge in [-0.2, -0.15) is 0 Å². The van der Waals surface area contributed by atoms with Gasteiger partial charge in [0, 0.05) is 0 Å². The molecule has 5 heteroatoms. The molecule has 200 valence electrons. The minimum absolute atomic E-state index is 0.151. The van der Waals surface area contributed by atoms with Crippen molar-refractivity contribution >= 4 is 48.5 Å². The van der Waals surface area contributed by atoms with Crippen molar-refractivity contribution in [2.24, 2.45) is 0 Å². The van der Waals surface area contributed by atoms with E-state index in [9.17, 15) is 9.59 Å². The third-order valence-electron chi connectivity index (χ3n) is 7.97. The maximum atomic E-state index is 12.6. The fraction of sp³-hybridized carbons (Fsp3) is 0.235. The van der Waals surface area contributed by atoms with Crippen molar-refractivity contribution in [3.8, 4) is 0 Å². The number of nitrogens with zero attached hydrogens (tertiary/aromatic N) is 1. The standard InChI is InChI=1S/C34H35BrNO2P/c35-39(28-18-8-5-9-19-28,29-20-10-6-11-21-29,30-22-12-7-13-23-30)27-17-4-2-1-3-16-26-36-33(37)31-24-14-15-25-32(31)34(36)38/h5-15,18-25H,1-4,16-17,26-27H2. The average molecular weight is 601 g/mol. The Bertz CT molecular complexity index is 1290. The van der Waals surface area contributed by atoms with E-state index in [1.807, 2.05) is 12.1 Å². The molecular formula is C34H35BrNO2P. The van der Waals surface area contributed by atoms with Gasteiger partial charge in [-0.15, -0.1) is 0 Å². The normalized spacial score (nSPS) is 14.2. The van der Waals surface area contributed by atoms with Crippen LogP contribution in [-0.4, -0.2) is 29.4 Å². The van der Waals surface area contributed by atoms with Crippen LogP contribution in [0.15, 0.2) is 115 Å². The van der Waals surface area contributed by atoms with Crippen LogP contribution in [0.4, 0.5) is 0 Å². The zero-order valence-electron chi connectivity index (χ0n) is 22.2. The summed E-state index contributed by atoms with van der Waals surface area (Å²) in [5.74, 6) is -0.302. The summed E-state index contributed by atoms with van der Waals surface area (Å²) < 4.78 is 0. The van der Waals surface area contributed by atoms with E-state index in [1.165, 1.54) is 20.8 Å². The Kier molecular flexibility index (Phi) is 8.45. The van der Waals surface area contributed by atoms with Gasteiger partial charge in [0.25, 0.3) is 0 Å². The third-order valence-corrected chi connectivity index (χ3v) is 18.0. The molecule has 4 aromatic rings. The second kappa shape index (κ2) is 12.0. The number of amides is 2. The van der Waals surface area contributed by atoms with E-state index in [0.29, 0.717) is 17.7 Å². The number of fused-ring (bicyclic) bond motifs is 1. The molecule has 0 N–H and O–H groups in total. The van der Waals surface area contributed by atoms with E-state index >= 15 is 0 Å². The summed E-state index contributed by atoms with van der Waals surface area (Å²) in [5, 5.41) is 1.24. The summed E-state index contributed by atoms with van der Waals surface area (Å²) in [6.45, 7) is 0.500. The van der Waals surface area contributed by atoms with Gasteiger partial charge in [-0.05, 0) is 0 Å². The molecule has 0 radical (unpaired) electrons. The van der Waals surface area contributed by atoms with Crippen LogP contribution in [-0.2, 0) is 0 Å². The molecule has 0 unspecified atom stereocenters. The fourth-order valence-corrected chi connectivity index (χ4v) is 13.6. The van der Waals surface area contributed by atoms with Crippen LogP contribution in [0.3, 0.4) is 0 Å². The topological polar surface area (TPSA) is 37.4 Å². The van der Waals surface area contributed by atoms with Gasteiger partial charge in [-0.25, -0.2) is 0 Å². The molecule has 4 aromatic carbocycles. The van der Waals surface area contributed by atoms with Gasteiger partial charge in [0.1, 0.15) is 0 Å². The molecule has 0 atom stereocenters. The van der Waals surface area contributed by atoms with E-state index in [-0.39, 0.29) is 11.8 Å². The van der Waals surface area contributed by atoms with Gasteiger partial charge in [0.05, 0.1) is 0 Å². The number of hydrogen-bond donors (Lipinski definition) is 0. The number of imide groups is 1. The molecule has 3 nitrogen and oxygen atoms in total. The molecule has 0 bridgehead atoms. The average Bonchev–Trinajstić information content (AvgIpc) is 3.24. The van der Waals surface area contributed by atoms with Gasteiger partial charge in [0.2, 0.25) is 0 Å². The van der Waals surface area contributed by atoms with Gasteiger partial charge in [-0.1, -0.05) is 12.1 Å². The summed E-state index contributed by atoms with van der Waals surface area (Å²) in [6.07, 6.45) is 7.41. The number of benzene rings is 4. The third kappa shape index (κ3) is 5.25. The molecule has 1 heterocycles. The number of unbranched alkanes of at least 4 members (excludes halogenated alkanes) is 5. The quantitative estimate of drug-likeness (QED) is 0.0962. The number of carbonyl (C=O) groups excluding carboxylic acids is 2. The summed E-state index contributed by atoms with van der Waals surface area (Å²) in [7, 11) is 0. The zero-order valence-corrected chi connectivity index (χ0v) is 24.7. The van der Waals surface area contributed by atoms with Crippen molar-refractivity contribution in [1.29, 1.82) is 0 Å². The van der Waals surface area contributed by atoms with Gasteiger partial charge in [-0.3, -0.25) is 0 Å². The molecule has 0 aliphatic carbocycles. The van der Waals surface area contributed by atoms with Crippen molar-refractivity contribution in [3.05, 3.63) is 126 Å². The van der Waals surface area contributed by atoms with Crippen LogP contribution in [0.1, 0.15) is 59.2 Å². The SMILES string of the molecule is O=C1c2ccccc2C(=O)N1CCCCCCCCP(Br)(c1ccccc1)(c1ccccc1)c1ccccc1. The summed E-state index contributed by atoms with van der Waals surface area (Å²) in [4.78, 5) is 26.6. The van der Waals surface area contributed by atoms with E-state index in [2.05, 4.69) is 106 Å². The first-order valence-corrected chi connectivity index (χ1v) is 18.3. The molecule has 5 rings (SSSR count). The summed E-state index contributed by atoms with van der Waals surface area (Å²) in [6, 6.07) is 40.0. The van der Waals surface area contributed by atoms with Crippen LogP contribution in [0, 0.1) is 0 Å². The molecule has 2 amide bonds. The van der Waals surface area contributed by atoms with Crippen LogP contribution in [0.2, 0.25) is 0 Å². The number of carbonyl (C=O) groups is 2. The van der Waals surface area contributed by atoms with Gasteiger partial charge < -0.3 is 0 Å². The Balaban J connectivity index is 1.22. The molecule has 39 heavy (non-hydrogen) atoms. The maximum absolute atomic E-state index is 12.6. The Hall–Kier alpha value is -3.07. The summed E-state index contributed by atoms with van der Waals surface area (Å²) >= 11 is 4.53. The van der Waals surface area contributed by atoms with E-state index in [4.69, 9.17) is 0 Å². The molecule has 1 aliphatic heterocycles. The monoisotopic (exact) mass is 599 g/mol. The molecule has 0 spiro atoms. The predicted molar refractivity (Wildman–Crippen MR) is 168 cm³/mol. The van der Waals surface area contributed by atoms with Gasteiger partial charge >= 0.3 is 228 Å². The van der Waals surface area contributed by atoms with Crippen molar-refractivity contribution in [3.63, 3.8) is 0 Å². The molecule has 0 fully saturated rings. The molecule has 1 aliphatic rings. The van der Waals surface area contributed by atoms with Crippen molar-refractivity contribution in [1.82, 2.24) is 4.90 Å². The fourth-order valence-electron chi connectivity index (χ4n) is 5.88. The van der Waals surface area contributed by atoms with Crippen LogP contribution in [0.25, 0.3) is 0 Å². The van der Waals surface area contributed by atoms with Crippen LogP contribution >= 0.6 is 20.8 Å². The predicted octanol–water partition coefficient (Wildman–Crippen LogP) is 7.46. The van der Waals surface area contributed by atoms with Crippen LogP contribution in [0.5, 0.6) is 0 Å². The Morgan fingerprint density at radius 2 is 0.846 bits per heavy atom. The molecule has 0 saturated carbocycles. The second-order valence-corrected chi connectivity index (χ2v) is 19.4. The Morgan fingerprint density at radius 3 is 1.28 bits per heavy atom. The zero-order chi connectivity index (χ0) is 27.2. The first kappa shape index (κ1) is 27.5. The molecule has 0 aromatic heterocycles. The van der Waals surface area contributed by atoms with E-state index in [1.54, 1.807) is 12.1 Å². The number of halogens is 1. The first-order valence-electron chi connectivity index (χ1n) is 13.9. The molecule has 0 saturated heterocycles. The van der Waals surface area contributed by atoms with Gasteiger partial charge in [0.15, 0.2) is 0 Å². The van der Waals surface area contributed by atoms with Crippen LogP contribution < -0.4 is 15.9 Å². The first-order chi connectivity index (χ1) is 19.0. The van der Waals surface area contributed by atoms with E-state index in [0.717, 1.165) is 44.7 Å². The van der Waals surface area contributed by atoms with E-state index < -0.39 is 5.31 Å². The molecular weight excluding hydrogens is 565 g/mol. The van der Waals surface area contributed by atoms with Crippen molar-refractivity contribution < 1.29 is 9.59 Å². The van der Waals surface area contributed by atoms with Crippen molar-refractivity contribution in [2.75, 3.05) is 12.7 Å². The number of rotatable bonds is 12. The second-order valence-electron chi connectivity index (χ2n) is 10.3. The Labute approximate surface area is 239 Å².